The van der Waals surface area contributed by atoms with E-state index in [4.69, 9.17) is 17.3 Å². The number of pyridine rings is 1. The second kappa shape index (κ2) is 2.32. The highest BCUT2D eigenvalue weighted by Gasteiger charge is 2.03. The number of halogens is 1. The first-order valence-electron chi connectivity index (χ1n) is 2.95. The van der Waals surface area contributed by atoms with E-state index in [1.807, 2.05) is 0 Å². The standard InChI is InChI=1S/C6H4ClN3S/c7-4-2-1-3-5(9-4)6(8)11-10-3/h1-2H,8H2. The van der Waals surface area contributed by atoms with E-state index in [9.17, 15) is 0 Å². The molecule has 2 rings (SSSR count). The van der Waals surface area contributed by atoms with Crippen LogP contribution in [-0.2, 0) is 0 Å². The van der Waals surface area contributed by atoms with Crippen LogP contribution in [-0.4, -0.2) is 9.36 Å². The number of hydrogen-bond donors (Lipinski definition) is 1. The fourth-order valence-corrected chi connectivity index (χ4v) is 1.55. The van der Waals surface area contributed by atoms with Crippen LogP contribution < -0.4 is 5.73 Å². The molecule has 2 aromatic heterocycles. The maximum atomic E-state index is 5.66. The first kappa shape index (κ1) is 6.82. The number of aromatic nitrogens is 2. The molecule has 0 aromatic carbocycles. The largest absolute Gasteiger partial charge is 0.388 e. The van der Waals surface area contributed by atoms with E-state index in [1.165, 1.54) is 11.5 Å². The van der Waals surface area contributed by atoms with E-state index in [1.54, 1.807) is 12.1 Å². The second-order valence-electron chi connectivity index (χ2n) is 2.05. The molecule has 0 atom stereocenters. The van der Waals surface area contributed by atoms with Crippen molar-refractivity contribution in [1.82, 2.24) is 9.36 Å². The molecule has 2 aromatic rings. The molecule has 56 valence electrons. The van der Waals surface area contributed by atoms with E-state index in [2.05, 4.69) is 9.36 Å². The summed E-state index contributed by atoms with van der Waals surface area (Å²) in [6.45, 7) is 0. The third-order valence-corrected chi connectivity index (χ3v) is 2.20. The van der Waals surface area contributed by atoms with Crippen LogP contribution in [0, 0.1) is 0 Å². The Morgan fingerprint density at radius 2 is 2.27 bits per heavy atom. The third-order valence-electron chi connectivity index (χ3n) is 1.32. The molecule has 11 heavy (non-hydrogen) atoms. The van der Waals surface area contributed by atoms with Crippen molar-refractivity contribution >= 4 is 39.2 Å². The van der Waals surface area contributed by atoms with Crippen molar-refractivity contribution < 1.29 is 0 Å². The molecule has 0 saturated carbocycles. The predicted octanol–water partition coefficient (Wildman–Crippen LogP) is 1.93. The van der Waals surface area contributed by atoms with Gasteiger partial charge in [0.1, 0.15) is 21.2 Å². The zero-order chi connectivity index (χ0) is 7.84. The van der Waals surface area contributed by atoms with Crippen molar-refractivity contribution in [2.75, 3.05) is 5.73 Å². The lowest BCUT2D eigenvalue weighted by Gasteiger charge is -1.88. The minimum atomic E-state index is 0.449. The normalized spacial score (nSPS) is 10.6. The molecule has 0 amide bonds. The average molecular weight is 186 g/mol. The van der Waals surface area contributed by atoms with Gasteiger partial charge in [-0.3, -0.25) is 0 Å². The molecule has 3 nitrogen and oxygen atoms in total. The molecule has 0 saturated heterocycles. The van der Waals surface area contributed by atoms with E-state index < -0.39 is 0 Å². The first-order valence-corrected chi connectivity index (χ1v) is 4.10. The van der Waals surface area contributed by atoms with Gasteiger partial charge in [-0.15, -0.1) is 0 Å². The van der Waals surface area contributed by atoms with Crippen molar-refractivity contribution in [2.24, 2.45) is 0 Å². The number of nitrogens with two attached hydrogens (primary N) is 1. The summed E-state index contributed by atoms with van der Waals surface area (Å²) < 4.78 is 4.05. The fraction of sp³-hybridized carbons (Fsp3) is 0. The Hall–Kier alpha value is -0.870. The minimum Gasteiger partial charge on any atom is -0.388 e. The number of nitrogens with zero attached hydrogens (tertiary/aromatic N) is 2. The van der Waals surface area contributed by atoms with Gasteiger partial charge in [-0.1, -0.05) is 11.6 Å². The van der Waals surface area contributed by atoms with Crippen LogP contribution in [0.15, 0.2) is 12.1 Å². The number of hydrogen-bond acceptors (Lipinski definition) is 4. The quantitative estimate of drug-likeness (QED) is 0.638. The molecule has 2 N–H and O–H groups in total. The van der Waals surface area contributed by atoms with Gasteiger partial charge in [-0.05, 0) is 23.7 Å². The van der Waals surface area contributed by atoms with Crippen LogP contribution in [0.2, 0.25) is 5.15 Å². The summed E-state index contributed by atoms with van der Waals surface area (Å²) in [6, 6.07) is 3.50. The van der Waals surface area contributed by atoms with Crippen LogP contribution in [0.5, 0.6) is 0 Å². The highest BCUT2D eigenvalue weighted by atomic mass is 35.5. The summed E-state index contributed by atoms with van der Waals surface area (Å²) in [5.74, 6) is 0. The Morgan fingerprint density at radius 3 is 3.09 bits per heavy atom. The molecule has 0 fully saturated rings. The molecule has 5 heteroatoms. The molecule has 0 aliphatic heterocycles. The molecule has 0 spiro atoms. The lowest BCUT2D eigenvalue weighted by Crippen LogP contribution is -1.82. The highest BCUT2D eigenvalue weighted by Crippen LogP contribution is 2.23. The van der Waals surface area contributed by atoms with Crippen LogP contribution in [0.1, 0.15) is 0 Å². The topological polar surface area (TPSA) is 51.8 Å². The van der Waals surface area contributed by atoms with Crippen molar-refractivity contribution in [2.45, 2.75) is 0 Å². The summed E-state index contributed by atoms with van der Waals surface area (Å²) in [4.78, 5) is 4.02. The van der Waals surface area contributed by atoms with Gasteiger partial charge in [0, 0.05) is 0 Å². The van der Waals surface area contributed by atoms with Crippen LogP contribution in [0.3, 0.4) is 0 Å². The summed E-state index contributed by atoms with van der Waals surface area (Å²) in [6.07, 6.45) is 0. The molecule has 0 aliphatic carbocycles. The van der Waals surface area contributed by atoms with Crippen LogP contribution in [0.4, 0.5) is 5.00 Å². The van der Waals surface area contributed by atoms with E-state index >= 15 is 0 Å². The molecule has 0 radical (unpaired) electrons. The monoisotopic (exact) mass is 185 g/mol. The molecular weight excluding hydrogens is 182 g/mol. The zero-order valence-corrected chi connectivity index (χ0v) is 6.99. The SMILES string of the molecule is Nc1snc2ccc(Cl)nc12. The zero-order valence-electron chi connectivity index (χ0n) is 5.41. The van der Waals surface area contributed by atoms with Crippen LogP contribution >= 0.6 is 23.1 Å². The molecule has 0 aliphatic rings. The summed E-state index contributed by atoms with van der Waals surface area (Å²) in [5, 5.41) is 1.06. The van der Waals surface area contributed by atoms with Crippen LogP contribution in [0.25, 0.3) is 11.0 Å². The van der Waals surface area contributed by atoms with E-state index in [-0.39, 0.29) is 0 Å². The molecule has 0 bridgehead atoms. The lowest BCUT2D eigenvalue weighted by atomic mass is 10.4. The minimum absolute atomic E-state index is 0.449. The third kappa shape index (κ3) is 1.04. The van der Waals surface area contributed by atoms with Gasteiger partial charge in [0.2, 0.25) is 0 Å². The number of nitrogen functional groups attached to an aromatic ring is 1. The molecule has 0 unspecified atom stereocenters. The molecular formula is C6H4ClN3S. The lowest BCUT2D eigenvalue weighted by molar-refractivity contribution is 1.41. The summed E-state index contributed by atoms with van der Waals surface area (Å²) in [7, 11) is 0. The number of fused-ring (bicyclic) bond motifs is 1. The van der Waals surface area contributed by atoms with Gasteiger partial charge < -0.3 is 5.73 Å². The van der Waals surface area contributed by atoms with E-state index in [0.717, 1.165) is 5.52 Å². The highest BCUT2D eigenvalue weighted by molar-refractivity contribution is 7.11. The first-order chi connectivity index (χ1) is 5.27. The van der Waals surface area contributed by atoms with Gasteiger partial charge in [0.05, 0.1) is 0 Å². The Kier molecular flexibility index (Phi) is 1.44. The Balaban J connectivity index is 2.87. The van der Waals surface area contributed by atoms with Crippen molar-refractivity contribution in [3.8, 4) is 0 Å². The Bertz CT molecular complexity index is 398. The van der Waals surface area contributed by atoms with Gasteiger partial charge in [0.25, 0.3) is 0 Å². The summed E-state index contributed by atoms with van der Waals surface area (Å²) >= 11 is 6.89. The van der Waals surface area contributed by atoms with Gasteiger partial charge in [0.15, 0.2) is 0 Å². The molecule has 2 heterocycles. The second-order valence-corrected chi connectivity index (χ2v) is 3.24. The van der Waals surface area contributed by atoms with Crippen molar-refractivity contribution in [3.05, 3.63) is 17.3 Å². The Morgan fingerprint density at radius 1 is 1.45 bits per heavy atom. The van der Waals surface area contributed by atoms with Crippen molar-refractivity contribution in [3.63, 3.8) is 0 Å². The Labute approximate surface area is 72.0 Å². The summed E-state index contributed by atoms with van der Waals surface area (Å²) in [5.41, 5.74) is 7.08. The van der Waals surface area contributed by atoms with Crippen molar-refractivity contribution in [1.29, 1.82) is 0 Å². The predicted molar refractivity (Wildman–Crippen MR) is 46.8 cm³/mol. The van der Waals surface area contributed by atoms with Gasteiger partial charge in [-0.25, -0.2) is 4.98 Å². The smallest absolute Gasteiger partial charge is 0.133 e. The van der Waals surface area contributed by atoms with Gasteiger partial charge >= 0.3 is 0 Å². The fourth-order valence-electron chi connectivity index (χ4n) is 0.825. The maximum absolute atomic E-state index is 5.66. The maximum Gasteiger partial charge on any atom is 0.133 e. The van der Waals surface area contributed by atoms with Gasteiger partial charge in [-0.2, -0.15) is 4.37 Å². The number of rotatable bonds is 0. The average Bonchev–Trinajstić information content (AvgIpc) is 2.33. The van der Waals surface area contributed by atoms with E-state index in [0.29, 0.717) is 15.7 Å². The number of anilines is 1.